The Kier molecular flexibility index (Phi) is 12.2. The number of benzene rings is 1. The minimum atomic E-state index is -0.313. The number of nitrogens with one attached hydrogen (secondary N) is 2. The number of thiocarbonyl (C=S) groups is 1. The van der Waals surface area contributed by atoms with Crippen molar-refractivity contribution in [3.05, 3.63) is 45.9 Å². The van der Waals surface area contributed by atoms with Crippen LogP contribution in [0.1, 0.15) is 11.1 Å². The highest BCUT2D eigenvalue weighted by Gasteiger charge is 2.12. The number of nitrogens with two attached hydrogens (primary N) is 2. The standard InChI is InChI=1S/C14H15FN4OS4.2ClH/c15-10-1-2-11(8(3-10)6-23-13(16)17)24-12-7-22-5-9(12)4-20-14(21)19-18;;/h1-3,5,7H,4,6,18H2,(H3,16,17)(H,19,21);2*1H. The number of halogens is 3. The Morgan fingerprint density at radius 2 is 2.00 bits per heavy atom. The van der Waals surface area contributed by atoms with Gasteiger partial charge < -0.3 is 10.5 Å². The van der Waals surface area contributed by atoms with Crippen molar-refractivity contribution in [3.63, 3.8) is 0 Å². The lowest BCUT2D eigenvalue weighted by Gasteiger charge is -2.10. The first-order chi connectivity index (χ1) is 11.5. The van der Waals surface area contributed by atoms with Crippen LogP contribution in [0.15, 0.2) is 38.8 Å². The van der Waals surface area contributed by atoms with Crippen LogP contribution in [0.5, 0.6) is 0 Å². The molecule has 1 aromatic heterocycles. The van der Waals surface area contributed by atoms with Gasteiger partial charge in [-0.1, -0.05) is 23.5 Å². The van der Waals surface area contributed by atoms with Gasteiger partial charge in [-0.15, -0.1) is 24.8 Å². The van der Waals surface area contributed by atoms with Gasteiger partial charge in [-0.3, -0.25) is 10.8 Å². The molecule has 26 heavy (non-hydrogen) atoms. The molecular weight excluding hydrogens is 458 g/mol. The summed E-state index contributed by atoms with van der Waals surface area (Å²) in [5.74, 6) is 5.30. The zero-order valence-corrected chi connectivity index (χ0v) is 18.1. The minimum absolute atomic E-state index is 0. The van der Waals surface area contributed by atoms with E-state index in [-0.39, 0.29) is 41.0 Å². The number of thiophene rings is 1. The van der Waals surface area contributed by atoms with Crippen LogP contribution >= 0.6 is 71.9 Å². The molecule has 0 bridgehead atoms. The van der Waals surface area contributed by atoms with Gasteiger partial charge in [0.15, 0.2) is 5.17 Å². The van der Waals surface area contributed by atoms with E-state index in [0.717, 1.165) is 32.7 Å². The molecule has 0 unspecified atom stereocenters. The Hall–Kier alpha value is -0.750. The zero-order valence-electron chi connectivity index (χ0n) is 13.2. The molecule has 0 spiro atoms. The maximum Gasteiger partial charge on any atom is 0.271 e. The van der Waals surface area contributed by atoms with E-state index in [1.807, 2.05) is 10.8 Å². The van der Waals surface area contributed by atoms with Gasteiger partial charge in [0.25, 0.3) is 5.17 Å². The van der Waals surface area contributed by atoms with Crippen LogP contribution in [-0.4, -0.2) is 10.3 Å². The first kappa shape index (κ1) is 25.2. The van der Waals surface area contributed by atoms with Crippen LogP contribution in [-0.2, 0) is 17.1 Å². The van der Waals surface area contributed by atoms with Crippen LogP contribution in [0.3, 0.4) is 0 Å². The molecule has 6 N–H and O–H groups in total. The van der Waals surface area contributed by atoms with Crippen LogP contribution < -0.4 is 17.0 Å². The summed E-state index contributed by atoms with van der Waals surface area (Å²) in [6.07, 6.45) is 0. The Morgan fingerprint density at radius 1 is 1.27 bits per heavy atom. The number of ether oxygens (including phenoxy) is 1. The molecule has 144 valence electrons. The van der Waals surface area contributed by atoms with E-state index in [0.29, 0.717) is 12.4 Å². The van der Waals surface area contributed by atoms with Crippen molar-refractivity contribution >= 4 is 82.2 Å². The highest BCUT2D eigenvalue weighted by molar-refractivity contribution is 8.13. The molecule has 2 rings (SSSR count). The molecule has 0 aliphatic rings. The molecule has 1 aromatic carbocycles. The minimum Gasteiger partial charge on any atom is -0.465 e. The third-order valence-electron chi connectivity index (χ3n) is 2.80. The van der Waals surface area contributed by atoms with Gasteiger partial charge >= 0.3 is 0 Å². The van der Waals surface area contributed by atoms with Gasteiger partial charge in [0, 0.05) is 26.5 Å². The molecule has 0 amide bonds. The van der Waals surface area contributed by atoms with E-state index >= 15 is 0 Å². The second-order valence-electron chi connectivity index (χ2n) is 4.49. The van der Waals surface area contributed by atoms with E-state index in [4.69, 9.17) is 33.9 Å². The summed E-state index contributed by atoms with van der Waals surface area (Å²) in [6, 6.07) is 4.61. The van der Waals surface area contributed by atoms with Crippen molar-refractivity contribution in [3.8, 4) is 0 Å². The number of rotatable bonds is 6. The number of hydrogen-bond acceptors (Lipinski definition) is 7. The number of hydrogen-bond donors (Lipinski definition) is 4. The van der Waals surface area contributed by atoms with Crippen molar-refractivity contribution in [1.82, 2.24) is 5.43 Å². The first-order valence-corrected chi connectivity index (χ1v) is 9.76. The normalized spacial score (nSPS) is 9.62. The summed E-state index contributed by atoms with van der Waals surface area (Å²) in [6.45, 7) is 0.299. The van der Waals surface area contributed by atoms with E-state index in [1.165, 1.54) is 23.9 Å². The van der Waals surface area contributed by atoms with Gasteiger partial charge in [0.2, 0.25) is 0 Å². The maximum absolute atomic E-state index is 13.5. The van der Waals surface area contributed by atoms with E-state index in [1.54, 1.807) is 17.4 Å². The van der Waals surface area contributed by atoms with Crippen molar-refractivity contribution in [2.45, 2.75) is 22.2 Å². The Morgan fingerprint density at radius 3 is 2.65 bits per heavy atom. The predicted octanol–water partition coefficient (Wildman–Crippen LogP) is 4.27. The lowest BCUT2D eigenvalue weighted by molar-refractivity contribution is 0.285. The Labute approximate surface area is 181 Å². The highest BCUT2D eigenvalue weighted by atomic mass is 35.5. The summed E-state index contributed by atoms with van der Waals surface area (Å²) in [4.78, 5) is 1.91. The van der Waals surface area contributed by atoms with Gasteiger partial charge in [0.1, 0.15) is 12.4 Å². The van der Waals surface area contributed by atoms with Crippen molar-refractivity contribution in [2.24, 2.45) is 11.6 Å². The Balaban J connectivity index is 0.00000312. The van der Waals surface area contributed by atoms with Crippen LogP contribution in [0.2, 0.25) is 0 Å². The lowest BCUT2D eigenvalue weighted by atomic mass is 10.2. The molecule has 0 atom stereocenters. The van der Waals surface area contributed by atoms with Crippen LogP contribution in [0.25, 0.3) is 0 Å². The van der Waals surface area contributed by atoms with E-state index in [2.05, 4.69) is 5.43 Å². The first-order valence-electron chi connectivity index (χ1n) is 6.61. The van der Waals surface area contributed by atoms with Crippen molar-refractivity contribution in [1.29, 1.82) is 5.41 Å². The molecule has 0 saturated heterocycles. The monoisotopic (exact) mass is 474 g/mol. The smallest absolute Gasteiger partial charge is 0.271 e. The fraction of sp³-hybridized carbons (Fsp3) is 0.143. The van der Waals surface area contributed by atoms with Gasteiger partial charge in [-0.25, -0.2) is 10.2 Å². The molecule has 0 aliphatic carbocycles. The van der Waals surface area contributed by atoms with Crippen LogP contribution in [0, 0.1) is 11.2 Å². The fourth-order valence-electron chi connectivity index (χ4n) is 1.73. The van der Waals surface area contributed by atoms with Gasteiger partial charge in [-0.05, 0) is 41.4 Å². The predicted molar refractivity (Wildman–Crippen MR) is 117 cm³/mol. The van der Waals surface area contributed by atoms with Gasteiger partial charge in [0.05, 0.1) is 0 Å². The molecule has 5 nitrogen and oxygen atoms in total. The SMILES string of the molecule is Cl.Cl.N=C(N)SCc1cc(F)ccc1Sc1cscc1COC(=S)NN. The molecule has 0 fully saturated rings. The van der Waals surface area contributed by atoms with Crippen LogP contribution in [0.4, 0.5) is 4.39 Å². The van der Waals surface area contributed by atoms with Crippen molar-refractivity contribution in [2.75, 3.05) is 0 Å². The summed E-state index contributed by atoms with van der Waals surface area (Å²) in [5.41, 5.74) is 9.40. The largest absolute Gasteiger partial charge is 0.465 e. The molecular formula is C14H17Cl2FN4OS4. The summed E-state index contributed by atoms with van der Waals surface area (Å²) < 4.78 is 18.8. The third kappa shape index (κ3) is 7.87. The number of amidine groups is 1. The molecule has 0 radical (unpaired) electrons. The fourth-order valence-corrected chi connectivity index (χ4v) is 4.45. The molecule has 0 aliphatic heterocycles. The maximum atomic E-state index is 13.5. The molecule has 1 heterocycles. The lowest BCUT2D eigenvalue weighted by Crippen LogP contribution is -2.30. The molecule has 2 aromatic rings. The van der Waals surface area contributed by atoms with Gasteiger partial charge in [-0.2, -0.15) is 11.3 Å². The summed E-state index contributed by atoms with van der Waals surface area (Å²) in [5, 5.41) is 11.4. The number of hydrazine groups is 1. The molecule has 0 saturated carbocycles. The average molecular weight is 475 g/mol. The number of thioether (sulfide) groups is 1. The van der Waals surface area contributed by atoms with Crippen molar-refractivity contribution < 1.29 is 9.13 Å². The summed E-state index contributed by atoms with van der Waals surface area (Å²) in [7, 11) is 0. The van der Waals surface area contributed by atoms with E-state index in [9.17, 15) is 4.39 Å². The zero-order chi connectivity index (χ0) is 17.5. The second-order valence-corrected chi connectivity index (χ2v) is 7.70. The van der Waals surface area contributed by atoms with E-state index < -0.39 is 0 Å². The topological polar surface area (TPSA) is 97.2 Å². The second kappa shape index (κ2) is 12.6. The highest BCUT2D eigenvalue weighted by Crippen LogP contribution is 2.36. The molecule has 12 heteroatoms. The third-order valence-corrected chi connectivity index (χ3v) is 5.97. The summed E-state index contributed by atoms with van der Waals surface area (Å²) >= 11 is 9.07. The average Bonchev–Trinajstić information content (AvgIpc) is 2.99. The quantitative estimate of drug-likeness (QED) is 0.163. The Bertz CT molecular complexity index is 747.